The summed E-state index contributed by atoms with van der Waals surface area (Å²) in [4.78, 5) is 17.7. The fourth-order valence-electron chi connectivity index (χ4n) is 4.04. The second kappa shape index (κ2) is 12.0. The van der Waals surface area contributed by atoms with E-state index in [0.717, 1.165) is 0 Å². The van der Waals surface area contributed by atoms with E-state index in [9.17, 15) is 18.7 Å². The minimum atomic E-state index is -2.10. The number of hydrogen-bond acceptors (Lipinski definition) is 6. The number of nitrogens with two attached hydrogens (primary N) is 1. The molecule has 2 aromatic carbocycles. The molecule has 3 aromatic rings. The summed E-state index contributed by atoms with van der Waals surface area (Å²) in [5.74, 6) is 5.26. The third-order valence-electron chi connectivity index (χ3n) is 6.08. The van der Waals surface area contributed by atoms with E-state index in [1.165, 1.54) is 17.3 Å². The van der Waals surface area contributed by atoms with Crippen LogP contribution in [0.15, 0.2) is 55.1 Å². The Labute approximate surface area is 236 Å². The molecule has 208 valence electrons. The van der Waals surface area contributed by atoms with Gasteiger partial charge in [-0.1, -0.05) is 62.4 Å². The van der Waals surface area contributed by atoms with E-state index in [1.54, 1.807) is 56.3 Å². The molecule has 0 fully saturated rings. The molecule has 9 nitrogen and oxygen atoms in total. The van der Waals surface area contributed by atoms with Gasteiger partial charge in [0.05, 0.1) is 23.4 Å². The van der Waals surface area contributed by atoms with Gasteiger partial charge in [-0.2, -0.15) is 5.10 Å². The number of nitrogens with zero attached hydrogens (tertiary/aromatic N) is 3. The number of aromatic nitrogens is 3. The predicted octanol–water partition coefficient (Wildman–Crippen LogP) is 3.71. The summed E-state index contributed by atoms with van der Waals surface area (Å²) < 4.78 is 21.3. The first-order valence-corrected chi connectivity index (χ1v) is 13.7. The minimum Gasteiger partial charge on any atom is -0.394 e. The molecule has 0 aliphatic heterocycles. The Morgan fingerprint density at radius 3 is 2.38 bits per heavy atom. The molecule has 11 heteroatoms. The van der Waals surface area contributed by atoms with Gasteiger partial charge in [-0.25, -0.2) is 13.9 Å². The number of aliphatic hydroxyl groups excluding tert-OH is 1. The van der Waals surface area contributed by atoms with E-state index >= 15 is 0 Å². The lowest BCUT2D eigenvalue weighted by atomic mass is 9.75. The Bertz CT molecular complexity index is 1390. The van der Waals surface area contributed by atoms with Crippen LogP contribution in [0.4, 0.5) is 0 Å². The van der Waals surface area contributed by atoms with Crippen LogP contribution in [-0.2, 0) is 21.4 Å². The zero-order valence-electron chi connectivity index (χ0n) is 22.6. The molecule has 39 heavy (non-hydrogen) atoms. The van der Waals surface area contributed by atoms with E-state index in [4.69, 9.17) is 17.3 Å². The van der Waals surface area contributed by atoms with Crippen molar-refractivity contribution in [3.63, 3.8) is 0 Å². The topological polar surface area (TPSA) is 143 Å². The average molecular weight is 572 g/mol. The summed E-state index contributed by atoms with van der Waals surface area (Å²) >= 11 is 4.24. The number of amides is 1. The summed E-state index contributed by atoms with van der Waals surface area (Å²) in [6.07, 6.45) is 3.20. The van der Waals surface area contributed by atoms with Crippen molar-refractivity contribution in [2.75, 3.05) is 6.61 Å². The van der Waals surface area contributed by atoms with Gasteiger partial charge in [-0.05, 0) is 61.1 Å². The summed E-state index contributed by atoms with van der Waals surface area (Å²) in [5, 5.41) is 17.7. The number of benzene rings is 2. The summed E-state index contributed by atoms with van der Waals surface area (Å²) in [6, 6.07) is 11.3. The van der Waals surface area contributed by atoms with Crippen LogP contribution in [0.3, 0.4) is 0 Å². The summed E-state index contributed by atoms with van der Waals surface area (Å²) in [6.45, 7) is 8.77. The Morgan fingerprint density at radius 1 is 1.18 bits per heavy atom. The zero-order chi connectivity index (χ0) is 29.0. The molecule has 0 saturated heterocycles. The van der Waals surface area contributed by atoms with Crippen molar-refractivity contribution in [2.45, 2.75) is 57.4 Å². The van der Waals surface area contributed by atoms with E-state index in [-0.39, 0.29) is 12.0 Å². The second-order valence-electron chi connectivity index (χ2n) is 11.1. The van der Waals surface area contributed by atoms with Crippen LogP contribution in [0.2, 0.25) is 5.02 Å². The van der Waals surface area contributed by atoms with Crippen molar-refractivity contribution in [2.24, 2.45) is 11.1 Å². The first kappa shape index (κ1) is 30.5. The molecule has 0 saturated carbocycles. The van der Waals surface area contributed by atoms with Crippen LogP contribution in [0, 0.1) is 17.3 Å². The molecule has 1 aromatic heterocycles. The van der Waals surface area contributed by atoms with Gasteiger partial charge in [0.1, 0.15) is 22.9 Å². The van der Waals surface area contributed by atoms with Gasteiger partial charge in [0.15, 0.2) is 11.1 Å². The number of halogens is 1. The Kier molecular flexibility index (Phi) is 9.36. The lowest BCUT2D eigenvalue weighted by molar-refractivity contribution is -0.129. The Morgan fingerprint density at radius 2 is 1.85 bits per heavy atom. The van der Waals surface area contributed by atoms with E-state index < -0.39 is 33.3 Å². The van der Waals surface area contributed by atoms with E-state index in [1.807, 2.05) is 20.8 Å². The molecule has 0 spiro atoms. The first-order chi connectivity index (χ1) is 18.2. The molecule has 0 bridgehead atoms. The monoisotopic (exact) mass is 571 g/mol. The highest BCUT2D eigenvalue weighted by Gasteiger charge is 2.40. The number of carbonyl (C=O) groups is 1. The minimum absolute atomic E-state index is 0.310. The van der Waals surface area contributed by atoms with Crippen molar-refractivity contribution in [3.8, 4) is 17.5 Å². The predicted molar refractivity (Wildman–Crippen MR) is 152 cm³/mol. The van der Waals surface area contributed by atoms with Crippen LogP contribution in [0.5, 0.6) is 0 Å². The van der Waals surface area contributed by atoms with Crippen LogP contribution in [0.25, 0.3) is 5.69 Å². The van der Waals surface area contributed by atoms with Crippen LogP contribution < -0.4 is 11.1 Å². The summed E-state index contributed by atoms with van der Waals surface area (Å²) in [7, 11) is 0. The fraction of sp³-hybridized carbons (Fsp3) is 0.393. The van der Waals surface area contributed by atoms with Crippen LogP contribution in [0.1, 0.15) is 63.8 Å². The lowest BCUT2D eigenvalue weighted by Gasteiger charge is -2.36. The van der Waals surface area contributed by atoms with Gasteiger partial charge in [-0.15, -0.1) is 0 Å². The van der Waals surface area contributed by atoms with Gasteiger partial charge in [0.2, 0.25) is 5.91 Å². The van der Waals surface area contributed by atoms with Gasteiger partial charge < -0.3 is 20.7 Å². The van der Waals surface area contributed by atoms with Crippen molar-refractivity contribution >= 4 is 28.6 Å². The highest BCUT2D eigenvalue weighted by molar-refractivity contribution is 7.81. The van der Waals surface area contributed by atoms with E-state index in [2.05, 4.69) is 27.2 Å². The largest absolute Gasteiger partial charge is 0.394 e. The quantitative estimate of drug-likeness (QED) is 0.238. The van der Waals surface area contributed by atoms with Crippen molar-refractivity contribution in [1.29, 1.82) is 0 Å². The van der Waals surface area contributed by atoms with Gasteiger partial charge in [-0.3, -0.25) is 4.79 Å². The maximum Gasteiger partial charge on any atom is 0.245 e. The molecule has 5 N–H and O–H groups in total. The third-order valence-corrected chi connectivity index (χ3v) is 7.38. The smallest absolute Gasteiger partial charge is 0.245 e. The van der Waals surface area contributed by atoms with Crippen molar-refractivity contribution in [1.82, 2.24) is 20.1 Å². The molecule has 3 atom stereocenters. The van der Waals surface area contributed by atoms with Crippen molar-refractivity contribution < 1.29 is 18.7 Å². The van der Waals surface area contributed by atoms with Crippen molar-refractivity contribution in [3.05, 3.63) is 76.8 Å². The molecule has 2 unspecified atom stereocenters. The second-order valence-corrected chi connectivity index (χ2v) is 13.0. The first-order valence-electron chi connectivity index (χ1n) is 12.3. The number of aliphatic hydroxyl groups is 1. The Hall–Kier alpha value is -3.07. The number of carbonyl (C=O) groups excluding carboxylic acids is 1. The van der Waals surface area contributed by atoms with Crippen LogP contribution >= 0.6 is 11.6 Å². The van der Waals surface area contributed by atoms with E-state index in [0.29, 0.717) is 33.8 Å². The fourth-order valence-corrected chi connectivity index (χ4v) is 4.39. The summed E-state index contributed by atoms with van der Waals surface area (Å²) in [5.41, 5.74) is 7.47. The Balaban J connectivity index is 1.93. The number of nitrogens with one attached hydrogen (secondary N) is 1. The molecule has 3 rings (SSSR count). The zero-order valence-corrected chi connectivity index (χ0v) is 24.2. The van der Waals surface area contributed by atoms with Gasteiger partial charge in [0.25, 0.3) is 0 Å². The molecule has 0 aliphatic carbocycles. The standard InChI is InChI=1S/C28H34ClN5O4S/c1-26(2,3)16-28(30,21-9-6-19(7-10-21)12-13-27(4,5)39(37)38)25(36)33-23(15-35)20-8-11-22(29)24(14-20)34-18-31-17-32-34/h6-11,14,17-18,23,35H,15-16,30H2,1-5H3,(H,33,36)(H,37,38)/t23-,28?/m1/s1. The SMILES string of the molecule is CC(C)(C)CC(N)(C(=O)N[C@H](CO)c1ccc(Cl)c(-n2cncn2)c1)c1ccc(C#CC(C)(C)S(=O)O)cc1. The number of hydrogen-bond donors (Lipinski definition) is 4. The molecular formula is C28H34ClN5O4S. The normalized spacial score (nSPS) is 15.0. The maximum atomic E-state index is 13.8. The molecule has 1 heterocycles. The van der Waals surface area contributed by atoms with Gasteiger partial charge in [0, 0.05) is 5.56 Å². The highest BCUT2D eigenvalue weighted by Crippen LogP contribution is 2.34. The van der Waals surface area contributed by atoms with Crippen LogP contribution in [-0.4, -0.2) is 45.9 Å². The average Bonchev–Trinajstić information content (AvgIpc) is 3.40. The number of rotatable bonds is 8. The van der Waals surface area contributed by atoms with Gasteiger partial charge >= 0.3 is 0 Å². The molecule has 0 radical (unpaired) electrons. The highest BCUT2D eigenvalue weighted by atomic mass is 35.5. The molecule has 0 aliphatic rings. The molecule has 1 amide bonds. The third kappa shape index (κ3) is 7.53. The molecular weight excluding hydrogens is 538 g/mol. The lowest BCUT2D eigenvalue weighted by Crippen LogP contribution is -2.54. The maximum absolute atomic E-state index is 13.8.